The third kappa shape index (κ3) is 5.37. The van der Waals surface area contributed by atoms with Gasteiger partial charge in [-0.05, 0) is 49.9 Å². The number of rotatable bonds is 5. The third-order valence-corrected chi connectivity index (χ3v) is 6.92. The number of nitrogens with one attached hydrogen (secondary N) is 1. The van der Waals surface area contributed by atoms with E-state index in [1.807, 2.05) is 49.4 Å². The Kier molecular flexibility index (Phi) is 6.93. The van der Waals surface area contributed by atoms with Crippen molar-refractivity contribution in [1.29, 1.82) is 0 Å². The zero-order valence-electron chi connectivity index (χ0n) is 21.2. The zero-order chi connectivity index (χ0) is 25.1. The molecule has 3 aromatic rings. The van der Waals surface area contributed by atoms with Gasteiger partial charge in [-0.25, -0.2) is 9.78 Å². The second-order valence-corrected chi connectivity index (χ2v) is 9.67. The summed E-state index contributed by atoms with van der Waals surface area (Å²) in [6.07, 6.45) is 2.91. The molecule has 0 aliphatic carbocycles. The first kappa shape index (κ1) is 23.9. The molecule has 1 fully saturated rings. The summed E-state index contributed by atoms with van der Waals surface area (Å²) in [7, 11) is 1.61. The largest absolute Gasteiger partial charge is 0.497 e. The van der Waals surface area contributed by atoms with Gasteiger partial charge < -0.3 is 24.6 Å². The highest BCUT2D eigenvalue weighted by Gasteiger charge is 2.29. The molecule has 2 amide bonds. The summed E-state index contributed by atoms with van der Waals surface area (Å²) in [4.78, 5) is 26.9. The predicted molar refractivity (Wildman–Crippen MR) is 140 cm³/mol. The van der Waals surface area contributed by atoms with Crippen LogP contribution in [0.4, 0.5) is 16.4 Å². The molecule has 188 valence electrons. The van der Waals surface area contributed by atoms with E-state index in [0.717, 1.165) is 60.4 Å². The molecule has 0 unspecified atom stereocenters. The summed E-state index contributed by atoms with van der Waals surface area (Å²) in [5.41, 5.74) is 3.66. The van der Waals surface area contributed by atoms with E-state index in [2.05, 4.69) is 17.1 Å². The lowest BCUT2D eigenvalue weighted by molar-refractivity contribution is 0.205. The van der Waals surface area contributed by atoms with E-state index in [1.54, 1.807) is 18.1 Å². The average Bonchev–Trinajstić information content (AvgIpc) is 2.90. The highest BCUT2D eigenvalue weighted by molar-refractivity contribution is 5.89. The molecular formula is C28H33N5O3. The number of fused-ring (bicyclic) bond motifs is 1. The van der Waals surface area contributed by atoms with Crippen molar-refractivity contribution in [1.82, 2.24) is 14.9 Å². The van der Waals surface area contributed by atoms with Gasteiger partial charge in [0, 0.05) is 37.8 Å². The third-order valence-electron chi connectivity index (χ3n) is 6.92. The maximum Gasteiger partial charge on any atom is 0.322 e. The fraction of sp³-hybridized carbons (Fsp3) is 0.393. The Morgan fingerprint density at radius 1 is 1.03 bits per heavy atom. The molecule has 1 aromatic heterocycles. The Balaban J connectivity index is 1.41. The Labute approximate surface area is 212 Å². The predicted octanol–water partition coefficient (Wildman–Crippen LogP) is 5.41. The van der Waals surface area contributed by atoms with Gasteiger partial charge in [0.2, 0.25) is 11.8 Å². The molecular weight excluding hydrogens is 454 g/mol. The first-order valence-electron chi connectivity index (χ1n) is 12.6. The fourth-order valence-corrected chi connectivity index (χ4v) is 4.60. The number of anilines is 2. The second-order valence-electron chi connectivity index (χ2n) is 9.67. The van der Waals surface area contributed by atoms with Gasteiger partial charge in [-0.15, -0.1) is 0 Å². The number of amides is 2. The molecule has 0 saturated carbocycles. The van der Waals surface area contributed by atoms with Crippen molar-refractivity contribution in [3.05, 3.63) is 65.4 Å². The summed E-state index contributed by atoms with van der Waals surface area (Å²) < 4.78 is 11.6. The normalized spacial score (nSPS) is 15.9. The van der Waals surface area contributed by atoms with Crippen LogP contribution in [0, 0.1) is 12.8 Å². The van der Waals surface area contributed by atoms with E-state index in [9.17, 15) is 4.79 Å². The standard InChI is InChI=1S/C28H33N5O3/c1-19-7-9-22(10-8-19)36-26-24-18-33(28(34)29-21-5-4-6-23(17-21)35-3)16-13-25(24)30-27(31-26)32-14-11-20(2)12-15-32/h4-10,17,20H,11-16,18H2,1-3H3,(H,29,34). The molecule has 8 heteroatoms. The molecule has 0 atom stereocenters. The number of aryl methyl sites for hydroxylation is 1. The molecule has 0 radical (unpaired) electrons. The molecule has 8 nitrogen and oxygen atoms in total. The second kappa shape index (κ2) is 10.4. The number of piperidine rings is 1. The van der Waals surface area contributed by atoms with Gasteiger partial charge in [0.25, 0.3) is 0 Å². The van der Waals surface area contributed by atoms with Crippen molar-refractivity contribution in [2.24, 2.45) is 5.92 Å². The van der Waals surface area contributed by atoms with Gasteiger partial charge in [0.05, 0.1) is 24.9 Å². The Morgan fingerprint density at radius 3 is 2.56 bits per heavy atom. The Hall–Kier alpha value is -3.81. The zero-order valence-corrected chi connectivity index (χ0v) is 21.2. The Bertz CT molecular complexity index is 1220. The number of urea groups is 1. The summed E-state index contributed by atoms with van der Waals surface area (Å²) in [5.74, 6) is 3.38. The van der Waals surface area contributed by atoms with Crippen molar-refractivity contribution >= 4 is 17.7 Å². The van der Waals surface area contributed by atoms with E-state index in [-0.39, 0.29) is 6.03 Å². The molecule has 5 rings (SSSR count). The molecule has 0 spiro atoms. The van der Waals surface area contributed by atoms with Crippen LogP contribution in [0.3, 0.4) is 0 Å². The van der Waals surface area contributed by atoms with Crippen LogP contribution in [0.2, 0.25) is 0 Å². The molecule has 2 aromatic carbocycles. The van der Waals surface area contributed by atoms with Crippen LogP contribution in [0.25, 0.3) is 0 Å². The Morgan fingerprint density at radius 2 is 1.81 bits per heavy atom. The number of benzene rings is 2. The minimum Gasteiger partial charge on any atom is -0.497 e. The maximum absolute atomic E-state index is 13.1. The van der Waals surface area contributed by atoms with Crippen LogP contribution in [-0.2, 0) is 13.0 Å². The van der Waals surface area contributed by atoms with Gasteiger partial charge in [0.1, 0.15) is 11.5 Å². The van der Waals surface area contributed by atoms with E-state index < -0.39 is 0 Å². The van der Waals surface area contributed by atoms with Crippen LogP contribution in [-0.4, -0.2) is 47.6 Å². The van der Waals surface area contributed by atoms with Gasteiger partial charge in [0.15, 0.2) is 0 Å². The highest BCUT2D eigenvalue weighted by Crippen LogP contribution is 2.33. The van der Waals surface area contributed by atoms with E-state index in [0.29, 0.717) is 36.8 Å². The first-order chi connectivity index (χ1) is 17.5. The van der Waals surface area contributed by atoms with Gasteiger partial charge in [-0.1, -0.05) is 30.7 Å². The van der Waals surface area contributed by atoms with E-state index in [4.69, 9.17) is 19.4 Å². The van der Waals surface area contributed by atoms with Crippen LogP contribution in [0.15, 0.2) is 48.5 Å². The van der Waals surface area contributed by atoms with E-state index >= 15 is 0 Å². The lowest BCUT2D eigenvalue weighted by Gasteiger charge is -2.33. The van der Waals surface area contributed by atoms with Crippen LogP contribution in [0.5, 0.6) is 17.4 Å². The number of carbonyl (C=O) groups is 1. The summed E-state index contributed by atoms with van der Waals surface area (Å²) in [5, 5.41) is 2.98. The summed E-state index contributed by atoms with van der Waals surface area (Å²) in [6.45, 7) is 7.18. The first-order valence-corrected chi connectivity index (χ1v) is 12.6. The number of hydrogen-bond acceptors (Lipinski definition) is 6. The van der Waals surface area contributed by atoms with E-state index in [1.165, 1.54) is 0 Å². The molecule has 36 heavy (non-hydrogen) atoms. The smallest absolute Gasteiger partial charge is 0.322 e. The lowest BCUT2D eigenvalue weighted by Crippen LogP contribution is -2.40. The number of ether oxygens (including phenoxy) is 2. The van der Waals surface area contributed by atoms with Gasteiger partial charge in [-0.2, -0.15) is 4.98 Å². The molecule has 1 saturated heterocycles. The van der Waals surface area contributed by atoms with Crippen molar-refractivity contribution < 1.29 is 14.3 Å². The molecule has 0 bridgehead atoms. The number of aromatic nitrogens is 2. The number of nitrogens with zero attached hydrogens (tertiary/aromatic N) is 4. The van der Waals surface area contributed by atoms with Gasteiger partial charge >= 0.3 is 6.03 Å². The van der Waals surface area contributed by atoms with Crippen molar-refractivity contribution in [2.45, 2.75) is 39.7 Å². The fourth-order valence-electron chi connectivity index (χ4n) is 4.60. The van der Waals surface area contributed by atoms with Crippen molar-refractivity contribution in [3.8, 4) is 17.4 Å². The number of carbonyl (C=O) groups excluding carboxylic acids is 1. The maximum atomic E-state index is 13.1. The van der Waals surface area contributed by atoms with Crippen LogP contribution >= 0.6 is 0 Å². The minimum atomic E-state index is -0.177. The SMILES string of the molecule is COc1cccc(NC(=O)N2CCc3nc(N4CCC(C)CC4)nc(Oc4ccc(C)cc4)c3C2)c1. The van der Waals surface area contributed by atoms with Crippen molar-refractivity contribution in [2.75, 3.05) is 37.0 Å². The summed E-state index contributed by atoms with van der Waals surface area (Å²) in [6, 6.07) is 15.1. The molecule has 1 N–H and O–H groups in total. The van der Waals surface area contributed by atoms with Crippen LogP contribution < -0.4 is 19.7 Å². The monoisotopic (exact) mass is 487 g/mol. The van der Waals surface area contributed by atoms with Crippen molar-refractivity contribution in [3.63, 3.8) is 0 Å². The summed E-state index contributed by atoms with van der Waals surface area (Å²) >= 11 is 0. The number of hydrogen-bond donors (Lipinski definition) is 1. The minimum absolute atomic E-state index is 0.177. The average molecular weight is 488 g/mol. The topological polar surface area (TPSA) is 79.8 Å². The quantitative estimate of drug-likeness (QED) is 0.518. The number of methoxy groups -OCH3 is 1. The molecule has 2 aliphatic heterocycles. The molecule has 3 heterocycles. The van der Waals surface area contributed by atoms with Crippen LogP contribution in [0.1, 0.15) is 36.6 Å². The lowest BCUT2D eigenvalue weighted by atomic mass is 9.99. The highest BCUT2D eigenvalue weighted by atomic mass is 16.5. The molecule has 2 aliphatic rings. The van der Waals surface area contributed by atoms with Gasteiger partial charge in [-0.3, -0.25) is 0 Å².